The molecule has 0 aromatic carbocycles. The van der Waals surface area contributed by atoms with Crippen LogP contribution in [0.1, 0.15) is 18.2 Å². The van der Waals surface area contributed by atoms with Gasteiger partial charge in [-0.25, -0.2) is 8.78 Å². The summed E-state index contributed by atoms with van der Waals surface area (Å²) in [6.07, 6.45) is -0.411. The van der Waals surface area contributed by atoms with E-state index in [1.54, 1.807) is 17.9 Å². The molecule has 1 rings (SSSR count). The van der Waals surface area contributed by atoms with Crippen LogP contribution in [0.25, 0.3) is 0 Å². The number of aryl methyl sites for hydroxylation is 1. The van der Waals surface area contributed by atoms with Crippen LogP contribution >= 0.6 is 0 Å². The van der Waals surface area contributed by atoms with Gasteiger partial charge >= 0.3 is 0 Å². The van der Waals surface area contributed by atoms with Crippen LogP contribution in [0.15, 0.2) is 6.20 Å². The first-order valence-electron chi connectivity index (χ1n) is 4.57. The molecule has 7 heteroatoms. The molecule has 2 N–H and O–H groups in total. The van der Waals surface area contributed by atoms with Crippen molar-refractivity contribution in [2.24, 2.45) is 12.8 Å². The van der Waals surface area contributed by atoms with Gasteiger partial charge in [-0.1, -0.05) is 5.21 Å². The molecule has 1 aromatic heterocycles. The predicted octanol–water partition coefficient (Wildman–Crippen LogP) is 0.487. The van der Waals surface area contributed by atoms with Crippen molar-refractivity contribution in [1.29, 1.82) is 0 Å². The van der Waals surface area contributed by atoms with Crippen molar-refractivity contribution < 1.29 is 13.5 Å². The molecule has 1 unspecified atom stereocenters. The van der Waals surface area contributed by atoms with E-state index in [1.807, 2.05) is 0 Å². The molecule has 15 heavy (non-hydrogen) atoms. The van der Waals surface area contributed by atoms with E-state index in [0.717, 1.165) is 5.69 Å². The highest BCUT2D eigenvalue weighted by atomic mass is 19.3. The molecule has 1 aromatic rings. The van der Waals surface area contributed by atoms with Crippen molar-refractivity contribution in [2.75, 3.05) is 13.2 Å². The van der Waals surface area contributed by atoms with E-state index in [0.29, 0.717) is 6.42 Å². The van der Waals surface area contributed by atoms with Crippen molar-refractivity contribution in [1.82, 2.24) is 15.0 Å². The van der Waals surface area contributed by atoms with Crippen LogP contribution in [-0.4, -0.2) is 34.6 Å². The fourth-order valence-electron chi connectivity index (χ4n) is 1.16. The summed E-state index contributed by atoms with van der Waals surface area (Å²) in [6, 6.07) is -0.289. The standard InChI is InChI=1S/C8H14F2N4O/c1-14-7(4-12-13-14)6(11)2-3-15-5-8(9)10/h4,6,8H,2-3,5,11H2,1H3. The molecule has 0 spiro atoms. The van der Waals surface area contributed by atoms with Crippen molar-refractivity contribution in [2.45, 2.75) is 18.9 Å². The average Bonchev–Trinajstić information content (AvgIpc) is 2.58. The molecule has 86 valence electrons. The normalized spacial score (nSPS) is 13.4. The number of hydrogen-bond donors (Lipinski definition) is 1. The van der Waals surface area contributed by atoms with E-state index in [1.165, 1.54) is 0 Å². The zero-order valence-corrected chi connectivity index (χ0v) is 8.44. The molecule has 0 bridgehead atoms. The topological polar surface area (TPSA) is 66.0 Å². The summed E-state index contributed by atoms with van der Waals surface area (Å²) in [6.45, 7) is -0.340. The van der Waals surface area contributed by atoms with Crippen molar-refractivity contribution >= 4 is 0 Å². The number of hydrogen-bond acceptors (Lipinski definition) is 4. The van der Waals surface area contributed by atoms with Gasteiger partial charge in [0.05, 0.1) is 17.9 Å². The van der Waals surface area contributed by atoms with Crippen LogP contribution in [0.3, 0.4) is 0 Å². The fourth-order valence-corrected chi connectivity index (χ4v) is 1.16. The maximum Gasteiger partial charge on any atom is 0.261 e. The summed E-state index contributed by atoms with van der Waals surface area (Å²) >= 11 is 0. The van der Waals surface area contributed by atoms with E-state index in [-0.39, 0.29) is 12.6 Å². The zero-order chi connectivity index (χ0) is 11.3. The fraction of sp³-hybridized carbons (Fsp3) is 0.750. The minimum atomic E-state index is -2.43. The Morgan fingerprint density at radius 1 is 1.60 bits per heavy atom. The van der Waals surface area contributed by atoms with Gasteiger partial charge in [-0.3, -0.25) is 4.68 Å². The number of nitrogens with two attached hydrogens (primary N) is 1. The number of alkyl halides is 2. The second kappa shape index (κ2) is 5.72. The van der Waals surface area contributed by atoms with E-state index < -0.39 is 13.0 Å². The van der Waals surface area contributed by atoms with Gasteiger partial charge in [0.15, 0.2) is 0 Å². The molecule has 0 aliphatic carbocycles. The lowest BCUT2D eigenvalue weighted by Crippen LogP contribution is -2.17. The highest BCUT2D eigenvalue weighted by molar-refractivity contribution is 5.00. The maximum atomic E-state index is 11.7. The molecular formula is C8H14F2N4O. The summed E-state index contributed by atoms with van der Waals surface area (Å²) in [5.74, 6) is 0. The largest absolute Gasteiger partial charge is 0.375 e. The summed E-state index contributed by atoms with van der Waals surface area (Å²) in [5, 5.41) is 7.39. The Morgan fingerprint density at radius 2 is 2.33 bits per heavy atom. The Bertz CT molecular complexity index is 292. The van der Waals surface area contributed by atoms with E-state index >= 15 is 0 Å². The molecule has 0 aliphatic heterocycles. The second-order valence-electron chi connectivity index (χ2n) is 3.14. The van der Waals surface area contributed by atoms with Gasteiger partial charge in [-0.2, -0.15) is 0 Å². The predicted molar refractivity (Wildman–Crippen MR) is 49.4 cm³/mol. The Kier molecular flexibility index (Phi) is 4.57. The van der Waals surface area contributed by atoms with Crippen molar-refractivity contribution in [3.63, 3.8) is 0 Å². The Balaban J connectivity index is 2.25. The second-order valence-corrected chi connectivity index (χ2v) is 3.14. The third kappa shape index (κ3) is 3.88. The van der Waals surface area contributed by atoms with Crippen LogP contribution in [-0.2, 0) is 11.8 Å². The maximum absolute atomic E-state index is 11.7. The van der Waals surface area contributed by atoms with Gasteiger partial charge in [-0.15, -0.1) is 5.10 Å². The van der Waals surface area contributed by atoms with Crippen LogP contribution in [0, 0.1) is 0 Å². The van der Waals surface area contributed by atoms with E-state index in [4.69, 9.17) is 10.5 Å². The lowest BCUT2D eigenvalue weighted by molar-refractivity contribution is 0.0151. The van der Waals surface area contributed by atoms with Gasteiger partial charge in [-0.05, 0) is 6.42 Å². The SMILES string of the molecule is Cn1nncc1C(N)CCOCC(F)F. The summed E-state index contributed by atoms with van der Waals surface area (Å²) in [5.41, 5.74) is 6.55. The van der Waals surface area contributed by atoms with E-state index in [2.05, 4.69) is 10.3 Å². The van der Waals surface area contributed by atoms with Crippen LogP contribution in [0.4, 0.5) is 8.78 Å². The molecular weight excluding hydrogens is 206 g/mol. The highest BCUT2D eigenvalue weighted by Crippen LogP contribution is 2.11. The zero-order valence-electron chi connectivity index (χ0n) is 8.44. The molecule has 0 saturated heterocycles. The number of nitrogens with zero attached hydrogens (tertiary/aromatic N) is 3. The lowest BCUT2D eigenvalue weighted by atomic mass is 10.2. The third-order valence-corrected chi connectivity index (χ3v) is 1.95. The third-order valence-electron chi connectivity index (χ3n) is 1.95. The van der Waals surface area contributed by atoms with E-state index in [9.17, 15) is 8.78 Å². The summed E-state index contributed by atoms with van der Waals surface area (Å²) < 4.78 is 29.7. The molecule has 0 radical (unpaired) electrons. The summed E-state index contributed by atoms with van der Waals surface area (Å²) in [7, 11) is 1.72. The van der Waals surface area contributed by atoms with Gasteiger partial charge < -0.3 is 10.5 Å². The Labute approximate surface area is 86.2 Å². The number of rotatable bonds is 6. The molecule has 5 nitrogen and oxygen atoms in total. The molecule has 1 atom stereocenters. The van der Waals surface area contributed by atoms with Crippen LogP contribution in [0.5, 0.6) is 0 Å². The van der Waals surface area contributed by atoms with Gasteiger partial charge in [0.1, 0.15) is 6.61 Å². The first-order valence-corrected chi connectivity index (χ1v) is 4.57. The lowest BCUT2D eigenvalue weighted by Gasteiger charge is -2.11. The average molecular weight is 220 g/mol. The van der Waals surface area contributed by atoms with Crippen molar-refractivity contribution in [3.8, 4) is 0 Å². The Hall–Kier alpha value is -1.08. The summed E-state index contributed by atoms with van der Waals surface area (Å²) in [4.78, 5) is 0. The number of halogens is 2. The van der Waals surface area contributed by atoms with Gasteiger partial charge in [0.2, 0.25) is 0 Å². The van der Waals surface area contributed by atoms with Crippen LogP contribution in [0.2, 0.25) is 0 Å². The van der Waals surface area contributed by atoms with Gasteiger partial charge in [0, 0.05) is 13.7 Å². The molecule has 0 amide bonds. The molecule has 0 aliphatic rings. The highest BCUT2D eigenvalue weighted by Gasteiger charge is 2.11. The van der Waals surface area contributed by atoms with Crippen molar-refractivity contribution in [3.05, 3.63) is 11.9 Å². The molecule has 0 fully saturated rings. The van der Waals surface area contributed by atoms with Crippen LogP contribution < -0.4 is 5.73 Å². The minimum Gasteiger partial charge on any atom is -0.375 e. The number of ether oxygens (including phenoxy) is 1. The monoisotopic (exact) mass is 220 g/mol. The minimum absolute atomic E-state index is 0.205. The quantitative estimate of drug-likeness (QED) is 0.708. The smallest absolute Gasteiger partial charge is 0.261 e. The first kappa shape index (κ1) is 12.0. The first-order chi connectivity index (χ1) is 7.11. The van der Waals surface area contributed by atoms with Gasteiger partial charge in [0.25, 0.3) is 6.43 Å². The molecule has 1 heterocycles. The Morgan fingerprint density at radius 3 is 2.87 bits per heavy atom. The number of aromatic nitrogens is 3. The molecule has 0 saturated carbocycles.